The van der Waals surface area contributed by atoms with Crippen LogP contribution in [0.3, 0.4) is 0 Å². The summed E-state index contributed by atoms with van der Waals surface area (Å²) in [6.45, 7) is 0. The monoisotopic (exact) mass is 611 g/mol. The Hall–Kier alpha value is -5.44. The molecule has 234 valence electrons. The summed E-state index contributed by atoms with van der Waals surface area (Å²) < 4.78 is 0. The average molecular weight is 612 g/mol. The van der Waals surface area contributed by atoms with Gasteiger partial charge in [0, 0.05) is 29.9 Å². The maximum absolute atomic E-state index is 13.2. The largest absolute Gasteiger partial charge is 0.508 e. The van der Waals surface area contributed by atoms with Crippen LogP contribution in [-0.2, 0) is 41.6 Å². The molecule has 15 heteroatoms. The third kappa shape index (κ3) is 9.55. The molecule has 0 saturated heterocycles. The molecule has 0 aliphatic heterocycles. The number of phenols is 1. The van der Waals surface area contributed by atoms with Gasteiger partial charge in [0.2, 0.25) is 17.7 Å². The Morgan fingerprint density at radius 2 is 1.36 bits per heavy atom. The molecule has 0 fully saturated rings. The fourth-order valence-electron chi connectivity index (χ4n) is 4.44. The molecule has 44 heavy (non-hydrogen) atoms. The number of para-hydroxylation sites is 1. The van der Waals surface area contributed by atoms with Crippen molar-refractivity contribution in [1.29, 1.82) is 0 Å². The zero-order valence-electron chi connectivity index (χ0n) is 23.4. The quantitative estimate of drug-likeness (QED) is 0.103. The maximum Gasteiger partial charge on any atom is 0.326 e. The lowest BCUT2D eigenvalue weighted by molar-refractivity contribution is -0.143. The predicted molar refractivity (Wildman–Crippen MR) is 154 cm³/mol. The SMILES string of the molecule is NC(Cc1c[nH]c2ccccc12)C(=O)NC(CCC(=O)O)C(=O)NC(CC(=O)O)C(=O)NC(Cc1ccc(O)cc1)C(=O)O. The second kappa shape index (κ2) is 15.2. The second-order valence-electron chi connectivity index (χ2n) is 10.1. The Balaban J connectivity index is 1.72. The number of fused-ring (bicyclic) bond motifs is 1. The first-order chi connectivity index (χ1) is 20.8. The molecule has 0 aliphatic rings. The molecule has 2 aromatic carbocycles. The van der Waals surface area contributed by atoms with E-state index in [2.05, 4.69) is 20.9 Å². The molecule has 1 aromatic heterocycles. The molecule has 0 bridgehead atoms. The van der Waals surface area contributed by atoms with Gasteiger partial charge in [-0.1, -0.05) is 30.3 Å². The molecule has 10 N–H and O–H groups in total. The number of nitrogens with one attached hydrogen (secondary N) is 4. The van der Waals surface area contributed by atoms with Crippen LogP contribution >= 0.6 is 0 Å². The van der Waals surface area contributed by atoms with Gasteiger partial charge in [-0.15, -0.1) is 0 Å². The van der Waals surface area contributed by atoms with Gasteiger partial charge in [-0.3, -0.25) is 24.0 Å². The second-order valence-corrected chi connectivity index (χ2v) is 10.1. The Bertz CT molecular complexity index is 1520. The van der Waals surface area contributed by atoms with E-state index in [9.17, 15) is 44.1 Å². The van der Waals surface area contributed by atoms with Gasteiger partial charge in [-0.25, -0.2) is 4.79 Å². The minimum Gasteiger partial charge on any atom is -0.508 e. The molecular weight excluding hydrogens is 578 g/mol. The summed E-state index contributed by atoms with van der Waals surface area (Å²) in [4.78, 5) is 76.7. The number of hydrogen-bond acceptors (Lipinski definition) is 8. The number of hydrogen-bond donors (Lipinski definition) is 9. The number of aliphatic carboxylic acids is 3. The Kier molecular flexibility index (Phi) is 11.4. The molecule has 15 nitrogen and oxygen atoms in total. The number of carbonyl (C=O) groups is 6. The van der Waals surface area contributed by atoms with Crippen LogP contribution in [0, 0.1) is 0 Å². The number of benzene rings is 2. The number of carboxylic acid groups (broad SMARTS) is 3. The Labute approximate surface area is 250 Å². The predicted octanol–water partition coefficient (Wildman–Crippen LogP) is -0.135. The Morgan fingerprint density at radius 1 is 0.750 bits per heavy atom. The summed E-state index contributed by atoms with van der Waals surface area (Å²) >= 11 is 0. The fourth-order valence-corrected chi connectivity index (χ4v) is 4.44. The molecule has 0 radical (unpaired) electrons. The van der Waals surface area contributed by atoms with E-state index in [1.807, 2.05) is 24.3 Å². The van der Waals surface area contributed by atoms with Crippen LogP contribution in [0.1, 0.15) is 30.4 Å². The highest BCUT2D eigenvalue weighted by atomic mass is 16.4. The minimum absolute atomic E-state index is 0.0580. The molecular formula is C29H33N5O10. The summed E-state index contributed by atoms with van der Waals surface area (Å²) in [7, 11) is 0. The number of aromatic hydroxyl groups is 1. The van der Waals surface area contributed by atoms with E-state index in [1.165, 1.54) is 24.3 Å². The highest BCUT2D eigenvalue weighted by Crippen LogP contribution is 2.19. The van der Waals surface area contributed by atoms with Crippen LogP contribution in [0.4, 0.5) is 0 Å². The van der Waals surface area contributed by atoms with Crippen molar-refractivity contribution >= 4 is 46.5 Å². The lowest BCUT2D eigenvalue weighted by Crippen LogP contribution is -2.57. The van der Waals surface area contributed by atoms with E-state index < -0.39 is 79.1 Å². The highest BCUT2D eigenvalue weighted by molar-refractivity contribution is 5.96. The zero-order chi connectivity index (χ0) is 32.4. The van der Waals surface area contributed by atoms with E-state index in [-0.39, 0.29) is 18.6 Å². The highest BCUT2D eigenvalue weighted by Gasteiger charge is 2.32. The zero-order valence-corrected chi connectivity index (χ0v) is 23.4. The summed E-state index contributed by atoms with van der Waals surface area (Å²) in [5.41, 5.74) is 8.08. The summed E-state index contributed by atoms with van der Waals surface area (Å²) in [6, 6.07) is 6.88. The molecule has 3 aromatic rings. The van der Waals surface area contributed by atoms with Crippen molar-refractivity contribution in [2.45, 2.75) is 56.3 Å². The van der Waals surface area contributed by atoms with Crippen molar-refractivity contribution < 1.29 is 49.2 Å². The van der Waals surface area contributed by atoms with Crippen LogP contribution in [0.25, 0.3) is 10.9 Å². The van der Waals surface area contributed by atoms with Crippen molar-refractivity contribution in [3.8, 4) is 5.75 Å². The number of amides is 3. The average Bonchev–Trinajstić information content (AvgIpc) is 3.37. The van der Waals surface area contributed by atoms with Gasteiger partial charge < -0.3 is 47.1 Å². The molecule has 4 unspecified atom stereocenters. The Morgan fingerprint density at radius 3 is 2.00 bits per heavy atom. The summed E-state index contributed by atoms with van der Waals surface area (Å²) in [5.74, 6) is -7.27. The minimum atomic E-state index is -1.77. The third-order valence-corrected chi connectivity index (χ3v) is 6.73. The van der Waals surface area contributed by atoms with Crippen LogP contribution in [-0.4, -0.2) is 85.2 Å². The van der Waals surface area contributed by atoms with Gasteiger partial charge in [-0.2, -0.15) is 0 Å². The van der Waals surface area contributed by atoms with Gasteiger partial charge >= 0.3 is 17.9 Å². The van der Waals surface area contributed by atoms with Crippen LogP contribution < -0.4 is 21.7 Å². The number of aromatic nitrogens is 1. The number of aromatic amines is 1. The topological polar surface area (TPSA) is 261 Å². The lowest BCUT2D eigenvalue weighted by atomic mass is 10.0. The van der Waals surface area contributed by atoms with Crippen molar-refractivity contribution in [2.75, 3.05) is 0 Å². The summed E-state index contributed by atoms with van der Waals surface area (Å²) in [6.07, 6.45) is -0.367. The van der Waals surface area contributed by atoms with E-state index in [0.717, 1.165) is 16.5 Å². The molecule has 3 amide bonds. The number of carbonyl (C=O) groups excluding carboxylic acids is 3. The number of rotatable bonds is 16. The van der Waals surface area contributed by atoms with E-state index in [1.54, 1.807) is 6.20 Å². The third-order valence-electron chi connectivity index (χ3n) is 6.73. The molecule has 0 aliphatic carbocycles. The maximum atomic E-state index is 13.2. The van der Waals surface area contributed by atoms with E-state index in [4.69, 9.17) is 10.8 Å². The van der Waals surface area contributed by atoms with Crippen LogP contribution in [0.15, 0.2) is 54.7 Å². The fraction of sp³-hybridized carbons (Fsp3) is 0.310. The number of carboxylic acids is 3. The first-order valence-corrected chi connectivity index (χ1v) is 13.5. The van der Waals surface area contributed by atoms with Gasteiger partial charge in [0.15, 0.2) is 0 Å². The van der Waals surface area contributed by atoms with E-state index >= 15 is 0 Å². The van der Waals surface area contributed by atoms with Crippen molar-refractivity contribution in [1.82, 2.24) is 20.9 Å². The molecule has 4 atom stereocenters. The summed E-state index contributed by atoms with van der Waals surface area (Å²) in [5, 5.41) is 45.1. The van der Waals surface area contributed by atoms with Crippen molar-refractivity contribution in [3.05, 3.63) is 65.9 Å². The first-order valence-electron chi connectivity index (χ1n) is 13.5. The molecule has 3 rings (SSSR count). The molecule has 0 spiro atoms. The first kappa shape index (κ1) is 33.1. The standard InChI is InChI=1S/C29H33N5O10/c30-19(12-16-14-31-20-4-2-1-3-18(16)20)26(40)32-21(9-10-24(36)37)27(41)33-22(13-25(38)39)28(42)34-23(29(43)44)11-15-5-7-17(35)8-6-15/h1-8,14,19,21-23,31,35H,9-13,30H2,(H,32,40)(H,33,41)(H,34,42)(H,36,37)(H,38,39)(H,43,44). The lowest BCUT2D eigenvalue weighted by Gasteiger charge is -2.24. The van der Waals surface area contributed by atoms with E-state index in [0.29, 0.717) is 5.56 Å². The van der Waals surface area contributed by atoms with Gasteiger partial charge in [0.05, 0.1) is 12.5 Å². The normalized spacial score (nSPS) is 13.7. The molecule has 1 heterocycles. The van der Waals surface area contributed by atoms with Gasteiger partial charge in [0.1, 0.15) is 23.9 Å². The number of phenolic OH excluding ortho intramolecular Hbond substituents is 1. The van der Waals surface area contributed by atoms with Crippen LogP contribution in [0.5, 0.6) is 5.75 Å². The molecule has 0 saturated carbocycles. The van der Waals surface area contributed by atoms with Crippen molar-refractivity contribution in [2.24, 2.45) is 5.73 Å². The number of H-pyrrole nitrogens is 1. The van der Waals surface area contributed by atoms with Gasteiger partial charge in [-0.05, 0) is 42.2 Å². The van der Waals surface area contributed by atoms with Crippen LogP contribution in [0.2, 0.25) is 0 Å². The smallest absolute Gasteiger partial charge is 0.326 e. The number of nitrogens with two attached hydrogens (primary N) is 1. The van der Waals surface area contributed by atoms with Gasteiger partial charge in [0.25, 0.3) is 0 Å². The van der Waals surface area contributed by atoms with Crippen molar-refractivity contribution in [3.63, 3.8) is 0 Å².